The fourth-order valence-electron chi connectivity index (χ4n) is 1.69. The Hall–Kier alpha value is -0.640. The highest BCUT2D eigenvalue weighted by atomic mass is 16.6. The first-order valence-electron chi connectivity index (χ1n) is 6.47. The number of rotatable bonds is 5. The van der Waals surface area contributed by atoms with Gasteiger partial charge >= 0.3 is 0 Å². The van der Waals surface area contributed by atoms with Crippen molar-refractivity contribution < 1.29 is 14.2 Å². The quantitative estimate of drug-likeness (QED) is 0.544. The molecule has 1 aliphatic carbocycles. The molecule has 0 saturated carbocycles. The van der Waals surface area contributed by atoms with Gasteiger partial charge in [0.15, 0.2) is 0 Å². The monoisotopic (exact) mass is 238 g/mol. The molecule has 17 heavy (non-hydrogen) atoms. The molecule has 0 bridgehead atoms. The molecule has 2 saturated heterocycles. The summed E-state index contributed by atoms with van der Waals surface area (Å²) in [6, 6.07) is 0. The molecule has 0 N–H and O–H groups in total. The second-order valence-electron chi connectivity index (χ2n) is 4.73. The van der Waals surface area contributed by atoms with E-state index in [-0.39, 0.29) is 0 Å². The Morgan fingerprint density at radius 1 is 1.18 bits per heavy atom. The molecule has 3 nitrogen and oxygen atoms in total. The van der Waals surface area contributed by atoms with Gasteiger partial charge in [0.1, 0.15) is 12.2 Å². The summed E-state index contributed by atoms with van der Waals surface area (Å²) in [6.45, 7) is 7.01. The van der Waals surface area contributed by atoms with Crippen LogP contribution in [0.1, 0.15) is 19.3 Å². The van der Waals surface area contributed by atoms with Crippen molar-refractivity contribution in [2.75, 3.05) is 26.4 Å². The van der Waals surface area contributed by atoms with E-state index in [9.17, 15) is 0 Å². The zero-order valence-corrected chi connectivity index (χ0v) is 10.3. The summed E-state index contributed by atoms with van der Waals surface area (Å²) in [5.41, 5.74) is 0. The van der Waals surface area contributed by atoms with Gasteiger partial charge in [-0.2, -0.15) is 0 Å². The maximum atomic E-state index is 5.23. The zero-order valence-electron chi connectivity index (χ0n) is 10.3. The van der Waals surface area contributed by atoms with E-state index >= 15 is 0 Å². The molecule has 96 valence electrons. The van der Waals surface area contributed by atoms with Crippen LogP contribution < -0.4 is 0 Å². The van der Waals surface area contributed by atoms with Crippen molar-refractivity contribution in [2.45, 2.75) is 31.5 Å². The molecule has 2 aliphatic heterocycles. The van der Waals surface area contributed by atoms with Gasteiger partial charge in [-0.3, -0.25) is 0 Å². The van der Waals surface area contributed by atoms with Gasteiger partial charge in [-0.25, -0.2) is 0 Å². The summed E-state index contributed by atoms with van der Waals surface area (Å²) in [6.07, 6.45) is 11.1. The highest BCUT2D eigenvalue weighted by molar-refractivity contribution is 4.95. The maximum absolute atomic E-state index is 5.23. The van der Waals surface area contributed by atoms with Crippen LogP contribution in [-0.2, 0) is 14.2 Å². The Balaban J connectivity index is 0.000000128. The number of epoxide rings is 2. The van der Waals surface area contributed by atoms with E-state index in [0.29, 0.717) is 12.2 Å². The molecule has 2 heterocycles. The van der Waals surface area contributed by atoms with Crippen molar-refractivity contribution >= 4 is 0 Å². The van der Waals surface area contributed by atoms with Crippen LogP contribution in [0.5, 0.6) is 0 Å². The van der Waals surface area contributed by atoms with Crippen molar-refractivity contribution in [1.29, 1.82) is 0 Å². The number of ether oxygens (including phenoxy) is 3. The van der Waals surface area contributed by atoms with Gasteiger partial charge in [0, 0.05) is 0 Å². The van der Waals surface area contributed by atoms with Crippen LogP contribution >= 0.6 is 0 Å². The van der Waals surface area contributed by atoms with Gasteiger partial charge < -0.3 is 14.2 Å². The normalized spacial score (nSPS) is 33.5. The molecule has 3 atom stereocenters. The topological polar surface area (TPSA) is 34.3 Å². The van der Waals surface area contributed by atoms with Gasteiger partial charge in [-0.1, -0.05) is 18.2 Å². The Morgan fingerprint density at radius 2 is 1.82 bits per heavy atom. The van der Waals surface area contributed by atoms with Crippen molar-refractivity contribution in [1.82, 2.24) is 0 Å². The third kappa shape index (κ3) is 6.01. The first-order valence-corrected chi connectivity index (χ1v) is 6.47. The highest BCUT2D eigenvalue weighted by Gasteiger charge is 2.26. The van der Waals surface area contributed by atoms with Crippen LogP contribution in [0, 0.1) is 5.92 Å². The predicted octanol–water partition coefficient (Wildman–Crippen LogP) is 2.33. The summed E-state index contributed by atoms with van der Waals surface area (Å²) >= 11 is 0. The van der Waals surface area contributed by atoms with E-state index in [1.54, 1.807) is 0 Å². The molecular weight excluding hydrogens is 216 g/mol. The molecule has 3 unspecified atom stereocenters. The largest absolute Gasteiger partial charge is 0.376 e. The lowest BCUT2D eigenvalue weighted by atomic mass is 9.95. The number of hydrogen-bond acceptors (Lipinski definition) is 3. The molecule has 0 spiro atoms. The Labute approximate surface area is 103 Å². The summed E-state index contributed by atoms with van der Waals surface area (Å²) in [5, 5.41) is 0. The van der Waals surface area contributed by atoms with Crippen molar-refractivity contribution in [3.63, 3.8) is 0 Å². The molecule has 0 aromatic rings. The van der Waals surface area contributed by atoms with E-state index in [2.05, 4.69) is 24.8 Å². The average molecular weight is 238 g/mol. The second kappa shape index (κ2) is 6.94. The molecule has 0 aromatic heterocycles. The lowest BCUT2D eigenvalue weighted by molar-refractivity contribution is 0.102. The maximum Gasteiger partial charge on any atom is 0.104 e. The van der Waals surface area contributed by atoms with Gasteiger partial charge in [0.25, 0.3) is 0 Å². The van der Waals surface area contributed by atoms with Crippen molar-refractivity contribution in [3.8, 4) is 0 Å². The van der Waals surface area contributed by atoms with Crippen LogP contribution in [0.3, 0.4) is 0 Å². The van der Waals surface area contributed by atoms with E-state index in [1.807, 2.05) is 0 Å². The van der Waals surface area contributed by atoms with Gasteiger partial charge in [-0.05, 0) is 25.2 Å². The first-order chi connectivity index (χ1) is 8.38. The SMILES string of the molecule is C(OCC1CO1)C1CO1.C=CC1CC=CCC1. The van der Waals surface area contributed by atoms with Crippen LogP contribution in [0.15, 0.2) is 24.8 Å². The number of allylic oxidation sites excluding steroid dienone is 3. The van der Waals surface area contributed by atoms with Crippen LogP contribution in [0.2, 0.25) is 0 Å². The lowest BCUT2D eigenvalue weighted by Crippen LogP contribution is -2.06. The zero-order chi connectivity index (χ0) is 11.9. The third-order valence-corrected chi connectivity index (χ3v) is 3.06. The fourth-order valence-corrected chi connectivity index (χ4v) is 1.69. The summed E-state index contributed by atoms with van der Waals surface area (Å²) in [4.78, 5) is 0. The third-order valence-electron chi connectivity index (χ3n) is 3.06. The second-order valence-corrected chi connectivity index (χ2v) is 4.73. The smallest absolute Gasteiger partial charge is 0.104 e. The van der Waals surface area contributed by atoms with E-state index in [1.165, 1.54) is 19.3 Å². The molecule has 3 heteroatoms. The van der Waals surface area contributed by atoms with Crippen LogP contribution in [0.25, 0.3) is 0 Å². The first kappa shape index (κ1) is 12.8. The Morgan fingerprint density at radius 3 is 2.18 bits per heavy atom. The predicted molar refractivity (Wildman–Crippen MR) is 67.0 cm³/mol. The van der Waals surface area contributed by atoms with Gasteiger partial charge in [0.05, 0.1) is 26.4 Å². The minimum atomic E-state index is 0.392. The fraction of sp³-hybridized carbons (Fsp3) is 0.714. The summed E-state index contributed by atoms with van der Waals surface area (Å²) < 4.78 is 15.1. The Kier molecular flexibility index (Phi) is 5.23. The summed E-state index contributed by atoms with van der Waals surface area (Å²) in [5.74, 6) is 0.764. The van der Waals surface area contributed by atoms with Gasteiger partial charge in [0.2, 0.25) is 0 Å². The number of hydrogen-bond donors (Lipinski definition) is 0. The lowest BCUT2D eigenvalue weighted by Gasteiger charge is -2.11. The van der Waals surface area contributed by atoms with Gasteiger partial charge in [-0.15, -0.1) is 6.58 Å². The molecule has 3 rings (SSSR count). The molecule has 3 aliphatic rings. The molecule has 0 aromatic carbocycles. The molecule has 0 amide bonds. The van der Waals surface area contributed by atoms with E-state index < -0.39 is 0 Å². The van der Waals surface area contributed by atoms with E-state index in [0.717, 1.165) is 32.3 Å². The molecular formula is C14H22O3. The molecule has 0 radical (unpaired) electrons. The minimum Gasteiger partial charge on any atom is -0.376 e. The van der Waals surface area contributed by atoms with Crippen molar-refractivity contribution in [2.24, 2.45) is 5.92 Å². The highest BCUT2D eigenvalue weighted by Crippen LogP contribution is 2.17. The average Bonchev–Trinajstić information content (AvgIpc) is 3.25. The van der Waals surface area contributed by atoms with Crippen LogP contribution in [-0.4, -0.2) is 38.6 Å². The summed E-state index contributed by atoms with van der Waals surface area (Å²) in [7, 11) is 0. The van der Waals surface area contributed by atoms with Crippen LogP contribution in [0.4, 0.5) is 0 Å². The van der Waals surface area contributed by atoms with E-state index in [4.69, 9.17) is 14.2 Å². The standard InChI is InChI=1S/C8H12.C6H10O3/c1-2-8-6-4-3-5-7-8;1(5-3-8-5)7-2-6-4-9-6/h2-4,8H,1,5-7H2;5-6H,1-4H2. The Bertz CT molecular complexity index is 242. The van der Waals surface area contributed by atoms with Crippen molar-refractivity contribution in [3.05, 3.63) is 24.8 Å². The molecule has 2 fully saturated rings. The minimum absolute atomic E-state index is 0.392.